The highest BCUT2D eigenvalue weighted by Crippen LogP contribution is 2.26. The number of hydrogen-bond acceptors (Lipinski definition) is 2. The van der Waals surface area contributed by atoms with Gasteiger partial charge in [-0.1, -0.05) is 24.3 Å². The second-order valence-corrected chi connectivity index (χ2v) is 4.37. The Bertz CT molecular complexity index is 569. The van der Waals surface area contributed by atoms with Crippen LogP contribution >= 0.6 is 0 Å². The van der Waals surface area contributed by atoms with Crippen molar-refractivity contribution < 1.29 is 13.5 Å². The molecule has 2 nitrogen and oxygen atoms in total. The molecule has 0 saturated carbocycles. The molecule has 20 heavy (non-hydrogen) atoms. The van der Waals surface area contributed by atoms with Crippen molar-refractivity contribution in [2.24, 2.45) is 0 Å². The summed E-state index contributed by atoms with van der Waals surface area (Å²) in [4.78, 5) is 0. The van der Waals surface area contributed by atoms with Crippen LogP contribution in [0.25, 0.3) is 0 Å². The van der Waals surface area contributed by atoms with Crippen LogP contribution in [0.5, 0.6) is 5.75 Å². The van der Waals surface area contributed by atoms with E-state index in [2.05, 4.69) is 5.32 Å². The van der Waals surface area contributed by atoms with E-state index in [4.69, 9.17) is 4.74 Å². The van der Waals surface area contributed by atoms with Gasteiger partial charge in [-0.3, -0.25) is 0 Å². The van der Waals surface area contributed by atoms with Gasteiger partial charge in [0, 0.05) is 5.56 Å². The maximum absolute atomic E-state index is 13.9. The van der Waals surface area contributed by atoms with E-state index in [9.17, 15) is 8.78 Å². The molecule has 0 spiro atoms. The van der Waals surface area contributed by atoms with Gasteiger partial charge in [0.2, 0.25) is 0 Å². The van der Waals surface area contributed by atoms with Crippen molar-refractivity contribution in [3.05, 3.63) is 65.2 Å². The van der Waals surface area contributed by atoms with Gasteiger partial charge >= 0.3 is 0 Å². The molecule has 0 aliphatic rings. The summed E-state index contributed by atoms with van der Waals surface area (Å²) in [6.45, 7) is 2.50. The first-order valence-corrected chi connectivity index (χ1v) is 6.51. The van der Waals surface area contributed by atoms with Gasteiger partial charge in [0.25, 0.3) is 0 Å². The second kappa shape index (κ2) is 6.48. The SMILES string of the molecule is CCOc1ccc(C(NC)c2cccc(F)c2F)cc1. The molecule has 0 saturated heterocycles. The first kappa shape index (κ1) is 14.5. The van der Waals surface area contributed by atoms with Crippen molar-refractivity contribution in [3.63, 3.8) is 0 Å². The standard InChI is InChI=1S/C16H17F2NO/c1-3-20-12-9-7-11(8-10-12)16(19-2)13-5-4-6-14(17)15(13)18/h4-10,16,19H,3H2,1-2H3. The molecule has 0 amide bonds. The van der Waals surface area contributed by atoms with E-state index in [1.54, 1.807) is 13.1 Å². The molecule has 0 aliphatic heterocycles. The molecule has 4 heteroatoms. The number of halogens is 2. The van der Waals surface area contributed by atoms with Crippen LogP contribution in [-0.2, 0) is 0 Å². The predicted octanol–water partition coefficient (Wildman–Crippen LogP) is 3.67. The van der Waals surface area contributed by atoms with Crippen LogP contribution in [0.15, 0.2) is 42.5 Å². The highest BCUT2D eigenvalue weighted by Gasteiger charge is 2.18. The van der Waals surface area contributed by atoms with Crippen LogP contribution in [-0.4, -0.2) is 13.7 Å². The normalized spacial score (nSPS) is 12.2. The lowest BCUT2D eigenvalue weighted by Crippen LogP contribution is -2.19. The third kappa shape index (κ3) is 2.96. The minimum atomic E-state index is -0.839. The lowest BCUT2D eigenvalue weighted by atomic mass is 9.98. The fourth-order valence-corrected chi connectivity index (χ4v) is 2.17. The lowest BCUT2D eigenvalue weighted by molar-refractivity contribution is 0.340. The zero-order valence-corrected chi connectivity index (χ0v) is 11.5. The molecule has 0 aliphatic carbocycles. The molecule has 0 aromatic heterocycles. The molecule has 1 atom stereocenters. The van der Waals surface area contributed by atoms with E-state index in [1.807, 2.05) is 31.2 Å². The molecule has 2 rings (SSSR count). The van der Waals surface area contributed by atoms with Gasteiger partial charge < -0.3 is 10.1 Å². The van der Waals surface area contributed by atoms with Crippen LogP contribution in [0.3, 0.4) is 0 Å². The van der Waals surface area contributed by atoms with Gasteiger partial charge in [-0.25, -0.2) is 8.78 Å². The lowest BCUT2D eigenvalue weighted by Gasteiger charge is -2.18. The molecule has 2 aromatic rings. The highest BCUT2D eigenvalue weighted by atomic mass is 19.2. The maximum Gasteiger partial charge on any atom is 0.163 e. The van der Waals surface area contributed by atoms with Crippen molar-refractivity contribution in [3.8, 4) is 5.75 Å². The Morgan fingerprint density at radius 1 is 1.10 bits per heavy atom. The molecule has 0 bridgehead atoms. The van der Waals surface area contributed by atoms with Gasteiger partial charge in [0.05, 0.1) is 12.6 Å². The first-order chi connectivity index (χ1) is 9.67. The molecule has 1 unspecified atom stereocenters. The van der Waals surface area contributed by atoms with Crippen molar-refractivity contribution >= 4 is 0 Å². The molecule has 0 heterocycles. The fraction of sp³-hybridized carbons (Fsp3) is 0.250. The molecule has 0 fully saturated rings. The third-order valence-corrected chi connectivity index (χ3v) is 3.11. The van der Waals surface area contributed by atoms with Crippen LogP contribution in [0.2, 0.25) is 0 Å². The fourth-order valence-electron chi connectivity index (χ4n) is 2.17. The van der Waals surface area contributed by atoms with Crippen molar-refractivity contribution in [1.29, 1.82) is 0 Å². The minimum absolute atomic E-state index is 0.289. The van der Waals surface area contributed by atoms with E-state index >= 15 is 0 Å². The Morgan fingerprint density at radius 2 is 1.80 bits per heavy atom. The third-order valence-electron chi connectivity index (χ3n) is 3.11. The number of rotatable bonds is 5. The molecule has 106 valence electrons. The largest absolute Gasteiger partial charge is 0.494 e. The maximum atomic E-state index is 13.9. The van der Waals surface area contributed by atoms with Crippen molar-refractivity contribution in [1.82, 2.24) is 5.32 Å². The average molecular weight is 277 g/mol. The van der Waals surface area contributed by atoms with E-state index in [0.29, 0.717) is 6.61 Å². The summed E-state index contributed by atoms with van der Waals surface area (Å²) in [5.74, 6) is -0.903. The van der Waals surface area contributed by atoms with Gasteiger partial charge in [0.15, 0.2) is 11.6 Å². The summed E-state index contributed by atoms with van der Waals surface area (Å²) in [5.41, 5.74) is 1.14. The number of nitrogens with one attached hydrogen (secondary N) is 1. The number of hydrogen-bond donors (Lipinski definition) is 1. The van der Waals surface area contributed by atoms with E-state index in [-0.39, 0.29) is 5.56 Å². The Balaban J connectivity index is 2.34. The van der Waals surface area contributed by atoms with E-state index in [1.165, 1.54) is 6.07 Å². The first-order valence-electron chi connectivity index (χ1n) is 6.51. The number of benzene rings is 2. The Morgan fingerprint density at radius 3 is 2.40 bits per heavy atom. The zero-order valence-electron chi connectivity index (χ0n) is 11.5. The Hall–Kier alpha value is -1.94. The molecule has 0 radical (unpaired) electrons. The van der Waals surface area contributed by atoms with Crippen LogP contribution in [0, 0.1) is 11.6 Å². The summed E-state index contributed by atoms with van der Waals surface area (Å²) in [7, 11) is 1.71. The van der Waals surface area contributed by atoms with Gasteiger partial charge in [-0.15, -0.1) is 0 Å². The summed E-state index contributed by atoms with van der Waals surface area (Å²) in [6.07, 6.45) is 0. The Labute approximate surface area is 117 Å². The summed E-state index contributed by atoms with van der Waals surface area (Å²) < 4.78 is 32.6. The highest BCUT2D eigenvalue weighted by molar-refractivity contribution is 5.36. The monoisotopic (exact) mass is 277 g/mol. The van der Waals surface area contributed by atoms with Gasteiger partial charge in [0.1, 0.15) is 5.75 Å². The summed E-state index contributed by atoms with van der Waals surface area (Å²) >= 11 is 0. The summed E-state index contributed by atoms with van der Waals surface area (Å²) in [6, 6.07) is 11.1. The second-order valence-electron chi connectivity index (χ2n) is 4.37. The van der Waals surface area contributed by atoms with Gasteiger partial charge in [-0.2, -0.15) is 0 Å². The van der Waals surface area contributed by atoms with Crippen LogP contribution in [0.4, 0.5) is 8.78 Å². The minimum Gasteiger partial charge on any atom is -0.494 e. The molecular weight excluding hydrogens is 260 g/mol. The van der Waals surface area contributed by atoms with Crippen LogP contribution < -0.4 is 10.1 Å². The smallest absolute Gasteiger partial charge is 0.163 e. The van der Waals surface area contributed by atoms with Crippen molar-refractivity contribution in [2.75, 3.05) is 13.7 Å². The molecule has 1 N–H and O–H groups in total. The van der Waals surface area contributed by atoms with E-state index < -0.39 is 17.7 Å². The van der Waals surface area contributed by atoms with Crippen molar-refractivity contribution in [2.45, 2.75) is 13.0 Å². The Kier molecular flexibility index (Phi) is 4.69. The average Bonchev–Trinajstić information content (AvgIpc) is 2.46. The molecule has 2 aromatic carbocycles. The zero-order chi connectivity index (χ0) is 14.5. The predicted molar refractivity (Wildman–Crippen MR) is 74.9 cm³/mol. The van der Waals surface area contributed by atoms with Gasteiger partial charge in [-0.05, 0) is 37.7 Å². The topological polar surface area (TPSA) is 21.3 Å². The number of ether oxygens (including phenoxy) is 1. The van der Waals surface area contributed by atoms with E-state index in [0.717, 1.165) is 17.4 Å². The van der Waals surface area contributed by atoms with Crippen LogP contribution in [0.1, 0.15) is 24.1 Å². The summed E-state index contributed by atoms with van der Waals surface area (Å²) in [5, 5.41) is 3.01. The molecular formula is C16H17F2NO. The quantitative estimate of drug-likeness (QED) is 0.900.